The molecule has 0 saturated carbocycles. The van der Waals surface area contributed by atoms with Crippen LogP contribution in [-0.4, -0.2) is 38.1 Å². The van der Waals surface area contributed by atoms with Gasteiger partial charge in [0.25, 0.3) is 0 Å². The lowest BCUT2D eigenvalue weighted by molar-refractivity contribution is -0.117. The van der Waals surface area contributed by atoms with Gasteiger partial charge in [-0.1, -0.05) is 0 Å². The molecule has 1 heterocycles. The molecular weight excluding hydrogens is 397 g/mol. The molecule has 0 radical (unpaired) electrons. The molecule has 2 N–H and O–H groups in total. The Kier molecular flexibility index (Phi) is 6.29. The summed E-state index contributed by atoms with van der Waals surface area (Å²) in [7, 11) is -2.30. The van der Waals surface area contributed by atoms with E-state index in [2.05, 4.69) is 10.6 Å². The zero-order chi connectivity index (χ0) is 21.0. The molecule has 9 heteroatoms. The Morgan fingerprint density at radius 2 is 1.90 bits per heavy atom. The first-order chi connectivity index (χ1) is 13.8. The molecule has 0 aliphatic carbocycles. The number of hydrogen-bond acceptors (Lipinski definition) is 4. The predicted molar refractivity (Wildman–Crippen MR) is 107 cm³/mol. The highest BCUT2D eigenvalue weighted by molar-refractivity contribution is 7.89. The van der Waals surface area contributed by atoms with Gasteiger partial charge in [-0.3, -0.25) is 9.59 Å². The van der Waals surface area contributed by atoms with Gasteiger partial charge in [-0.2, -0.15) is 0 Å². The van der Waals surface area contributed by atoms with Crippen LogP contribution in [-0.2, 0) is 26.0 Å². The van der Waals surface area contributed by atoms with Crippen molar-refractivity contribution in [2.45, 2.75) is 30.6 Å². The quantitative estimate of drug-likeness (QED) is 0.721. The Morgan fingerprint density at radius 3 is 2.62 bits per heavy atom. The highest BCUT2D eigenvalue weighted by Crippen LogP contribution is 2.25. The van der Waals surface area contributed by atoms with E-state index in [1.807, 2.05) is 6.07 Å². The van der Waals surface area contributed by atoms with Crippen molar-refractivity contribution >= 4 is 33.2 Å². The third-order valence-electron chi connectivity index (χ3n) is 4.68. The van der Waals surface area contributed by atoms with Gasteiger partial charge >= 0.3 is 0 Å². The second kappa shape index (κ2) is 8.71. The molecule has 154 valence electrons. The zero-order valence-electron chi connectivity index (χ0n) is 15.9. The van der Waals surface area contributed by atoms with Crippen molar-refractivity contribution in [3.8, 4) is 0 Å². The van der Waals surface area contributed by atoms with Crippen LogP contribution in [0.25, 0.3) is 0 Å². The minimum atomic E-state index is -3.73. The van der Waals surface area contributed by atoms with E-state index >= 15 is 0 Å². The summed E-state index contributed by atoms with van der Waals surface area (Å²) in [5.74, 6) is -0.751. The van der Waals surface area contributed by atoms with Crippen LogP contribution in [0.5, 0.6) is 0 Å². The van der Waals surface area contributed by atoms with Crippen molar-refractivity contribution in [1.29, 1.82) is 0 Å². The van der Waals surface area contributed by atoms with Gasteiger partial charge in [0.05, 0.1) is 4.90 Å². The summed E-state index contributed by atoms with van der Waals surface area (Å²) >= 11 is 0. The Labute approximate surface area is 169 Å². The number of nitrogens with zero attached hydrogens (tertiary/aromatic N) is 1. The molecule has 29 heavy (non-hydrogen) atoms. The fraction of sp³-hybridized carbons (Fsp3) is 0.300. The molecule has 2 aromatic carbocycles. The maximum atomic E-state index is 13.0. The average Bonchev–Trinajstić information content (AvgIpc) is 2.68. The normalized spacial score (nSPS) is 13.7. The van der Waals surface area contributed by atoms with Gasteiger partial charge in [-0.05, 0) is 60.9 Å². The number of nitrogens with one attached hydrogen (secondary N) is 2. The number of sulfonamides is 1. The summed E-state index contributed by atoms with van der Waals surface area (Å²) in [5, 5.41) is 5.58. The Balaban J connectivity index is 1.51. The van der Waals surface area contributed by atoms with Crippen molar-refractivity contribution in [1.82, 2.24) is 4.31 Å². The van der Waals surface area contributed by atoms with E-state index < -0.39 is 15.8 Å². The van der Waals surface area contributed by atoms with Crippen molar-refractivity contribution in [2.24, 2.45) is 0 Å². The summed E-state index contributed by atoms with van der Waals surface area (Å²) < 4.78 is 39.0. The van der Waals surface area contributed by atoms with Crippen molar-refractivity contribution in [2.75, 3.05) is 24.2 Å². The number of fused-ring (bicyclic) bond motifs is 1. The van der Waals surface area contributed by atoms with Gasteiger partial charge < -0.3 is 10.6 Å². The molecule has 1 aliphatic rings. The predicted octanol–water partition coefficient (Wildman–Crippen LogP) is 2.75. The molecule has 0 fully saturated rings. The molecule has 0 spiro atoms. The van der Waals surface area contributed by atoms with E-state index in [-0.39, 0.29) is 29.7 Å². The van der Waals surface area contributed by atoms with Gasteiger partial charge in [0.1, 0.15) is 5.82 Å². The number of amides is 2. The minimum Gasteiger partial charge on any atom is -0.326 e. The first-order valence-electron chi connectivity index (χ1n) is 9.20. The number of carbonyl (C=O) groups is 2. The third-order valence-corrected chi connectivity index (χ3v) is 6.55. The molecule has 2 amide bonds. The lowest BCUT2D eigenvalue weighted by atomic mass is 10.0. The standard InChI is InChI=1S/C20H22FN3O4S/c1-24(29(27,28)17-8-5-15(21)6-9-17)12-2-3-19(25)22-16-7-10-18-14(13-16)4-11-20(26)23-18/h5-10,13H,2-4,11-12H2,1H3,(H,22,25)(H,23,26). The second-order valence-electron chi connectivity index (χ2n) is 6.85. The molecule has 3 rings (SSSR count). The highest BCUT2D eigenvalue weighted by atomic mass is 32.2. The number of aryl methyl sites for hydroxylation is 1. The Morgan fingerprint density at radius 1 is 1.17 bits per heavy atom. The summed E-state index contributed by atoms with van der Waals surface area (Å²) in [6.45, 7) is 0.156. The molecule has 0 bridgehead atoms. The molecule has 0 unspecified atom stereocenters. The Bertz CT molecular complexity index is 1020. The van der Waals surface area contributed by atoms with Crippen LogP contribution in [0.15, 0.2) is 47.4 Å². The largest absolute Gasteiger partial charge is 0.326 e. The van der Waals surface area contributed by atoms with Crippen LogP contribution in [0.4, 0.5) is 15.8 Å². The van der Waals surface area contributed by atoms with E-state index in [1.165, 1.54) is 19.2 Å². The van der Waals surface area contributed by atoms with Gasteiger partial charge in [-0.25, -0.2) is 17.1 Å². The number of carbonyl (C=O) groups excluding carboxylic acids is 2. The second-order valence-corrected chi connectivity index (χ2v) is 8.90. The van der Waals surface area contributed by atoms with Crippen LogP contribution < -0.4 is 10.6 Å². The number of benzene rings is 2. The van der Waals surface area contributed by atoms with Crippen LogP contribution >= 0.6 is 0 Å². The lowest BCUT2D eigenvalue weighted by Crippen LogP contribution is -2.28. The molecule has 7 nitrogen and oxygen atoms in total. The minimum absolute atomic E-state index is 0.00648. The Hall–Kier alpha value is -2.78. The number of hydrogen-bond donors (Lipinski definition) is 2. The van der Waals surface area contributed by atoms with Gasteiger partial charge in [0.2, 0.25) is 21.8 Å². The van der Waals surface area contributed by atoms with Crippen molar-refractivity contribution < 1.29 is 22.4 Å². The molecule has 2 aromatic rings. The number of rotatable bonds is 7. The van der Waals surface area contributed by atoms with Crippen LogP contribution in [0.2, 0.25) is 0 Å². The van der Waals surface area contributed by atoms with Gasteiger partial charge in [-0.15, -0.1) is 0 Å². The first-order valence-corrected chi connectivity index (χ1v) is 10.6. The summed E-state index contributed by atoms with van der Waals surface area (Å²) in [5.41, 5.74) is 2.36. The molecule has 0 saturated heterocycles. The van der Waals surface area contributed by atoms with Gasteiger partial charge in [0, 0.05) is 37.8 Å². The average molecular weight is 419 g/mol. The van der Waals surface area contributed by atoms with E-state index in [4.69, 9.17) is 0 Å². The molecule has 1 aliphatic heterocycles. The molecular formula is C20H22FN3O4S. The van der Waals surface area contributed by atoms with Gasteiger partial charge in [0.15, 0.2) is 0 Å². The van der Waals surface area contributed by atoms with E-state index in [0.717, 1.165) is 27.7 Å². The number of halogens is 1. The third kappa shape index (κ3) is 5.18. The zero-order valence-corrected chi connectivity index (χ0v) is 16.8. The van der Waals surface area contributed by atoms with E-state index in [0.29, 0.717) is 24.9 Å². The fourth-order valence-corrected chi connectivity index (χ4v) is 4.26. The molecule has 0 atom stereocenters. The van der Waals surface area contributed by atoms with Crippen LogP contribution in [0.1, 0.15) is 24.8 Å². The topological polar surface area (TPSA) is 95.6 Å². The smallest absolute Gasteiger partial charge is 0.242 e. The van der Waals surface area contributed by atoms with Crippen LogP contribution in [0.3, 0.4) is 0 Å². The SMILES string of the molecule is CN(CCCC(=O)Nc1ccc2c(c1)CCC(=O)N2)S(=O)(=O)c1ccc(F)cc1. The van der Waals surface area contributed by atoms with Crippen molar-refractivity contribution in [3.05, 3.63) is 53.8 Å². The highest BCUT2D eigenvalue weighted by Gasteiger charge is 2.21. The summed E-state index contributed by atoms with van der Waals surface area (Å²) in [6, 6.07) is 9.92. The maximum Gasteiger partial charge on any atom is 0.242 e. The number of anilines is 2. The van der Waals surface area contributed by atoms with Crippen LogP contribution in [0, 0.1) is 5.82 Å². The summed E-state index contributed by atoms with van der Waals surface area (Å²) in [6.07, 6.45) is 1.52. The molecule has 0 aromatic heterocycles. The fourth-order valence-electron chi connectivity index (χ4n) is 3.05. The summed E-state index contributed by atoms with van der Waals surface area (Å²) in [4.78, 5) is 23.6. The van der Waals surface area contributed by atoms with E-state index in [9.17, 15) is 22.4 Å². The maximum absolute atomic E-state index is 13.0. The van der Waals surface area contributed by atoms with E-state index in [1.54, 1.807) is 12.1 Å². The monoisotopic (exact) mass is 419 g/mol. The van der Waals surface area contributed by atoms with Crippen molar-refractivity contribution in [3.63, 3.8) is 0 Å². The first kappa shape index (κ1) is 20.9. The lowest BCUT2D eigenvalue weighted by Gasteiger charge is -2.18.